The summed E-state index contributed by atoms with van der Waals surface area (Å²) in [4.78, 5) is 0. The summed E-state index contributed by atoms with van der Waals surface area (Å²) in [5.41, 5.74) is 5.09. The van der Waals surface area contributed by atoms with Crippen LogP contribution in [0.1, 0.15) is 33.6 Å². The van der Waals surface area contributed by atoms with Crippen molar-refractivity contribution >= 4 is 0 Å². The standard InChI is InChI=1S/C11H25NO3/c1-10(2,14-4)8-11(3,9-12)15-7-5-6-13/h13H,5-9,12H2,1-4H3. The predicted octanol–water partition coefficient (Wildman–Crippen LogP) is 0.918. The molecule has 0 spiro atoms. The van der Waals surface area contributed by atoms with E-state index in [2.05, 4.69) is 0 Å². The molecule has 1 unspecified atom stereocenters. The maximum absolute atomic E-state index is 8.68. The Bertz CT molecular complexity index is 173. The Morgan fingerprint density at radius 3 is 2.27 bits per heavy atom. The molecule has 3 N–H and O–H groups in total. The largest absolute Gasteiger partial charge is 0.396 e. The Kier molecular flexibility index (Phi) is 6.36. The van der Waals surface area contributed by atoms with Gasteiger partial charge in [-0.2, -0.15) is 0 Å². The van der Waals surface area contributed by atoms with E-state index in [0.717, 1.165) is 6.42 Å². The fourth-order valence-electron chi connectivity index (χ4n) is 1.54. The van der Waals surface area contributed by atoms with Gasteiger partial charge in [0.1, 0.15) is 0 Å². The van der Waals surface area contributed by atoms with Crippen molar-refractivity contribution in [2.75, 3.05) is 26.9 Å². The first-order chi connectivity index (χ1) is 6.89. The van der Waals surface area contributed by atoms with Gasteiger partial charge < -0.3 is 20.3 Å². The highest BCUT2D eigenvalue weighted by atomic mass is 16.5. The van der Waals surface area contributed by atoms with Crippen molar-refractivity contribution in [2.24, 2.45) is 5.73 Å². The summed E-state index contributed by atoms with van der Waals surface area (Å²) in [6, 6.07) is 0. The Hall–Kier alpha value is -0.160. The van der Waals surface area contributed by atoms with Gasteiger partial charge in [-0.3, -0.25) is 0 Å². The van der Waals surface area contributed by atoms with Crippen LogP contribution in [0.2, 0.25) is 0 Å². The maximum atomic E-state index is 8.68. The van der Waals surface area contributed by atoms with E-state index < -0.39 is 0 Å². The van der Waals surface area contributed by atoms with Crippen LogP contribution >= 0.6 is 0 Å². The zero-order chi connectivity index (χ0) is 11.9. The third-order valence-corrected chi connectivity index (χ3v) is 2.54. The van der Waals surface area contributed by atoms with E-state index >= 15 is 0 Å². The second-order valence-electron chi connectivity index (χ2n) is 4.72. The van der Waals surface area contributed by atoms with E-state index in [-0.39, 0.29) is 17.8 Å². The topological polar surface area (TPSA) is 64.7 Å². The molecule has 0 aliphatic heterocycles. The number of nitrogens with two attached hydrogens (primary N) is 1. The molecular formula is C11H25NO3. The molecule has 0 bridgehead atoms. The second-order valence-corrected chi connectivity index (χ2v) is 4.72. The number of hydrogen-bond acceptors (Lipinski definition) is 4. The van der Waals surface area contributed by atoms with Crippen LogP contribution in [0.5, 0.6) is 0 Å². The Balaban J connectivity index is 4.17. The molecule has 0 saturated heterocycles. The summed E-state index contributed by atoms with van der Waals surface area (Å²) >= 11 is 0. The van der Waals surface area contributed by atoms with E-state index in [1.54, 1.807) is 7.11 Å². The maximum Gasteiger partial charge on any atom is 0.0803 e. The summed E-state index contributed by atoms with van der Waals surface area (Å²) in [5.74, 6) is 0. The molecular weight excluding hydrogens is 194 g/mol. The molecule has 0 aromatic carbocycles. The van der Waals surface area contributed by atoms with Gasteiger partial charge in [-0.15, -0.1) is 0 Å². The molecule has 92 valence electrons. The van der Waals surface area contributed by atoms with Crippen molar-refractivity contribution in [2.45, 2.75) is 44.8 Å². The van der Waals surface area contributed by atoms with Crippen LogP contribution in [0.3, 0.4) is 0 Å². The molecule has 0 aliphatic rings. The van der Waals surface area contributed by atoms with Gasteiger partial charge in [0.05, 0.1) is 11.2 Å². The molecule has 15 heavy (non-hydrogen) atoms. The minimum atomic E-state index is -0.380. The summed E-state index contributed by atoms with van der Waals surface area (Å²) in [7, 11) is 1.69. The van der Waals surface area contributed by atoms with Crippen LogP contribution < -0.4 is 5.73 Å². The van der Waals surface area contributed by atoms with Gasteiger partial charge in [0, 0.05) is 33.3 Å². The molecule has 0 aromatic heterocycles. The molecule has 1 atom stereocenters. The summed E-state index contributed by atoms with van der Waals surface area (Å²) < 4.78 is 11.0. The third-order valence-electron chi connectivity index (χ3n) is 2.54. The number of ether oxygens (including phenoxy) is 2. The summed E-state index contributed by atoms with van der Waals surface area (Å²) in [6.07, 6.45) is 1.38. The Morgan fingerprint density at radius 1 is 1.27 bits per heavy atom. The highest BCUT2D eigenvalue weighted by Gasteiger charge is 2.32. The molecule has 0 amide bonds. The number of rotatable bonds is 8. The molecule has 0 saturated carbocycles. The van der Waals surface area contributed by atoms with Gasteiger partial charge in [-0.1, -0.05) is 0 Å². The smallest absolute Gasteiger partial charge is 0.0803 e. The lowest BCUT2D eigenvalue weighted by atomic mass is 9.90. The summed E-state index contributed by atoms with van der Waals surface area (Å²) in [6.45, 7) is 7.13. The molecule has 0 aliphatic carbocycles. The molecule has 0 aromatic rings. The van der Waals surface area contributed by atoms with Gasteiger partial charge in [0.15, 0.2) is 0 Å². The zero-order valence-corrected chi connectivity index (χ0v) is 10.4. The fraction of sp³-hybridized carbons (Fsp3) is 1.00. The molecule has 0 fully saturated rings. The van der Waals surface area contributed by atoms with Crippen LogP contribution in [-0.2, 0) is 9.47 Å². The number of aliphatic hydroxyl groups excluding tert-OH is 1. The minimum absolute atomic E-state index is 0.147. The van der Waals surface area contributed by atoms with Gasteiger partial charge in [-0.25, -0.2) is 0 Å². The first-order valence-corrected chi connectivity index (χ1v) is 5.39. The first kappa shape index (κ1) is 14.8. The normalized spacial score (nSPS) is 16.4. The van der Waals surface area contributed by atoms with Crippen LogP contribution in [0.15, 0.2) is 0 Å². The minimum Gasteiger partial charge on any atom is -0.396 e. The predicted molar refractivity (Wildman–Crippen MR) is 60.8 cm³/mol. The van der Waals surface area contributed by atoms with Crippen molar-refractivity contribution in [1.82, 2.24) is 0 Å². The molecule has 0 heterocycles. The SMILES string of the molecule is COC(C)(C)CC(C)(CN)OCCCO. The van der Waals surface area contributed by atoms with Crippen LogP contribution in [0.25, 0.3) is 0 Å². The van der Waals surface area contributed by atoms with Crippen LogP contribution in [0.4, 0.5) is 0 Å². The lowest BCUT2D eigenvalue weighted by molar-refractivity contribution is -0.0932. The first-order valence-electron chi connectivity index (χ1n) is 5.39. The van der Waals surface area contributed by atoms with Gasteiger partial charge in [0.2, 0.25) is 0 Å². The Labute approximate surface area is 92.7 Å². The van der Waals surface area contributed by atoms with E-state index in [4.69, 9.17) is 20.3 Å². The van der Waals surface area contributed by atoms with Gasteiger partial charge in [0.25, 0.3) is 0 Å². The lowest BCUT2D eigenvalue weighted by Crippen LogP contribution is -2.44. The summed E-state index contributed by atoms with van der Waals surface area (Å²) in [5, 5.41) is 8.68. The number of hydrogen-bond donors (Lipinski definition) is 2. The zero-order valence-electron chi connectivity index (χ0n) is 10.4. The third kappa shape index (κ3) is 6.10. The average Bonchev–Trinajstić information content (AvgIpc) is 2.18. The highest BCUT2D eigenvalue weighted by molar-refractivity contribution is 4.85. The van der Waals surface area contributed by atoms with Crippen molar-refractivity contribution in [3.8, 4) is 0 Å². The highest BCUT2D eigenvalue weighted by Crippen LogP contribution is 2.25. The van der Waals surface area contributed by atoms with Crippen LogP contribution in [-0.4, -0.2) is 43.2 Å². The van der Waals surface area contributed by atoms with E-state index in [9.17, 15) is 0 Å². The van der Waals surface area contributed by atoms with E-state index in [1.165, 1.54) is 0 Å². The molecule has 0 radical (unpaired) electrons. The van der Waals surface area contributed by atoms with Gasteiger partial charge >= 0.3 is 0 Å². The average molecular weight is 219 g/mol. The van der Waals surface area contributed by atoms with E-state index in [1.807, 2.05) is 20.8 Å². The van der Waals surface area contributed by atoms with Crippen molar-refractivity contribution in [1.29, 1.82) is 0 Å². The number of aliphatic hydroxyl groups is 1. The van der Waals surface area contributed by atoms with Crippen LogP contribution in [0, 0.1) is 0 Å². The quantitative estimate of drug-likeness (QED) is 0.596. The Morgan fingerprint density at radius 2 is 1.87 bits per heavy atom. The fourth-order valence-corrected chi connectivity index (χ4v) is 1.54. The molecule has 4 heteroatoms. The van der Waals surface area contributed by atoms with Crippen molar-refractivity contribution < 1.29 is 14.6 Å². The van der Waals surface area contributed by atoms with Gasteiger partial charge in [-0.05, 0) is 27.2 Å². The second kappa shape index (κ2) is 6.43. The lowest BCUT2D eigenvalue weighted by Gasteiger charge is -2.36. The van der Waals surface area contributed by atoms with Crippen molar-refractivity contribution in [3.63, 3.8) is 0 Å². The molecule has 0 rings (SSSR count). The monoisotopic (exact) mass is 219 g/mol. The number of methoxy groups -OCH3 is 1. The molecule has 4 nitrogen and oxygen atoms in total. The van der Waals surface area contributed by atoms with E-state index in [0.29, 0.717) is 19.6 Å². The van der Waals surface area contributed by atoms with Crippen molar-refractivity contribution in [3.05, 3.63) is 0 Å².